The molecule has 0 unspecified atom stereocenters. The molecular weight excluding hydrogens is 444 g/mol. The number of piperidine rings is 1. The SMILES string of the molecule is COc1ccc(-c2nn(-c3ccccc3)cc2C(=O)NC2CCN(C(=O)c3ccco3)CC2)cc1. The Labute approximate surface area is 203 Å². The number of para-hydroxylation sites is 1. The number of furan rings is 1. The van der Waals surface area contributed by atoms with Crippen molar-refractivity contribution in [3.63, 3.8) is 0 Å². The third-order valence-corrected chi connectivity index (χ3v) is 6.19. The van der Waals surface area contributed by atoms with Gasteiger partial charge in [0, 0.05) is 30.9 Å². The van der Waals surface area contributed by atoms with Crippen LogP contribution in [0.15, 0.2) is 83.6 Å². The maximum absolute atomic E-state index is 13.4. The van der Waals surface area contributed by atoms with Gasteiger partial charge in [0.15, 0.2) is 5.76 Å². The van der Waals surface area contributed by atoms with Crippen LogP contribution in [0.2, 0.25) is 0 Å². The highest BCUT2D eigenvalue weighted by Gasteiger charge is 2.27. The highest BCUT2D eigenvalue weighted by atomic mass is 16.5. The molecule has 1 fully saturated rings. The van der Waals surface area contributed by atoms with Gasteiger partial charge in [0.1, 0.15) is 11.4 Å². The molecule has 5 rings (SSSR count). The summed E-state index contributed by atoms with van der Waals surface area (Å²) in [5.74, 6) is 0.766. The molecule has 2 aromatic heterocycles. The first-order valence-corrected chi connectivity index (χ1v) is 11.6. The van der Waals surface area contributed by atoms with Crippen LogP contribution in [-0.4, -0.2) is 52.7 Å². The molecule has 1 aliphatic rings. The molecule has 1 aliphatic heterocycles. The predicted molar refractivity (Wildman–Crippen MR) is 131 cm³/mol. The Balaban J connectivity index is 1.34. The van der Waals surface area contributed by atoms with E-state index >= 15 is 0 Å². The van der Waals surface area contributed by atoms with Gasteiger partial charge in [-0.05, 0) is 61.4 Å². The number of likely N-dealkylation sites (tertiary alicyclic amines) is 1. The average molecular weight is 471 g/mol. The number of carbonyl (C=O) groups is 2. The van der Waals surface area contributed by atoms with Gasteiger partial charge in [-0.15, -0.1) is 0 Å². The Kier molecular flexibility index (Phi) is 6.34. The molecule has 0 atom stereocenters. The average Bonchev–Trinajstić information content (AvgIpc) is 3.60. The lowest BCUT2D eigenvalue weighted by Crippen LogP contribution is -2.46. The van der Waals surface area contributed by atoms with Crippen LogP contribution in [0.3, 0.4) is 0 Å². The van der Waals surface area contributed by atoms with E-state index in [-0.39, 0.29) is 17.9 Å². The van der Waals surface area contributed by atoms with Crippen molar-refractivity contribution in [1.82, 2.24) is 20.0 Å². The third kappa shape index (κ3) is 4.82. The van der Waals surface area contributed by atoms with Crippen LogP contribution in [-0.2, 0) is 0 Å². The molecule has 8 nitrogen and oxygen atoms in total. The van der Waals surface area contributed by atoms with Crippen LogP contribution in [0, 0.1) is 0 Å². The van der Waals surface area contributed by atoms with Crippen LogP contribution < -0.4 is 10.1 Å². The Bertz CT molecular complexity index is 1290. The number of amides is 2. The van der Waals surface area contributed by atoms with Gasteiger partial charge in [-0.1, -0.05) is 18.2 Å². The van der Waals surface area contributed by atoms with Crippen LogP contribution in [0.25, 0.3) is 16.9 Å². The topological polar surface area (TPSA) is 89.6 Å². The maximum Gasteiger partial charge on any atom is 0.289 e. The van der Waals surface area contributed by atoms with Crippen molar-refractivity contribution in [2.75, 3.05) is 20.2 Å². The lowest BCUT2D eigenvalue weighted by Gasteiger charge is -2.31. The molecule has 2 aromatic carbocycles. The number of rotatable bonds is 6. The molecule has 0 spiro atoms. The predicted octanol–water partition coefficient (Wildman–Crippen LogP) is 4.18. The first kappa shape index (κ1) is 22.5. The second kappa shape index (κ2) is 9.89. The number of carbonyl (C=O) groups excluding carboxylic acids is 2. The van der Waals surface area contributed by atoms with Crippen molar-refractivity contribution in [2.45, 2.75) is 18.9 Å². The van der Waals surface area contributed by atoms with E-state index in [1.54, 1.807) is 35.0 Å². The van der Waals surface area contributed by atoms with Crippen molar-refractivity contribution in [3.8, 4) is 22.7 Å². The van der Waals surface area contributed by atoms with Crippen LogP contribution >= 0.6 is 0 Å². The van der Waals surface area contributed by atoms with Gasteiger partial charge in [0.25, 0.3) is 11.8 Å². The Morgan fingerprint density at radius 3 is 2.40 bits per heavy atom. The molecule has 3 heterocycles. The van der Waals surface area contributed by atoms with Crippen molar-refractivity contribution < 1.29 is 18.7 Å². The molecule has 0 bridgehead atoms. The number of hydrogen-bond donors (Lipinski definition) is 1. The quantitative estimate of drug-likeness (QED) is 0.457. The summed E-state index contributed by atoms with van der Waals surface area (Å²) in [6.07, 6.45) is 4.60. The summed E-state index contributed by atoms with van der Waals surface area (Å²) in [6.45, 7) is 1.11. The Hall–Kier alpha value is -4.33. The molecule has 35 heavy (non-hydrogen) atoms. The molecule has 1 saturated heterocycles. The van der Waals surface area contributed by atoms with Crippen molar-refractivity contribution in [3.05, 3.63) is 90.5 Å². The summed E-state index contributed by atoms with van der Waals surface area (Å²) in [7, 11) is 1.62. The van der Waals surface area contributed by atoms with Gasteiger partial charge < -0.3 is 19.4 Å². The lowest BCUT2D eigenvalue weighted by atomic mass is 10.0. The molecule has 0 radical (unpaired) electrons. The minimum Gasteiger partial charge on any atom is -0.497 e. The van der Waals surface area contributed by atoms with Crippen molar-refractivity contribution in [2.24, 2.45) is 0 Å². The van der Waals surface area contributed by atoms with Crippen molar-refractivity contribution >= 4 is 11.8 Å². The number of ether oxygens (including phenoxy) is 1. The fraction of sp³-hybridized carbons (Fsp3) is 0.222. The van der Waals surface area contributed by atoms with Crippen LogP contribution in [0.1, 0.15) is 33.8 Å². The largest absolute Gasteiger partial charge is 0.497 e. The molecule has 178 valence electrons. The van der Waals surface area contributed by atoms with E-state index in [0.29, 0.717) is 42.9 Å². The molecule has 0 saturated carbocycles. The highest BCUT2D eigenvalue weighted by molar-refractivity contribution is 6.00. The fourth-order valence-electron chi connectivity index (χ4n) is 4.26. The van der Waals surface area contributed by atoms with Crippen LogP contribution in [0.4, 0.5) is 0 Å². The second-order valence-corrected chi connectivity index (χ2v) is 8.42. The Morgan fingerprint density at radius 2 is 1.74 bits per heavy atom. The number of aromatic nitrogens is 2. The van der Waals surface area contributed by atoms with Gasteiger partial charge >= 0.3 is 0 Å². The summed E-state index contributed by atoms with van der Waals surface area (Å²) < 4.78 is 12.2. The van der Waals surface area contributed by atoms with Crippen LogP contribution in [0.5, 0.6) is 5.75 Å². The summed E-state index contributed by atoms with van der Waals surface area (Å²) in [4.78, 5) is 27.7. The van der Waals surface area contributed by atoms with Gasteiger partial charge in [-0.2, -0.15) is 5.10 Å². The summed E-state index contributed by atoms with van der Waals surface area (Å²) in [5, 5.41) is 7.88. The zero-order chi connectivity index (χ0) is 24.2. The van der Waals surface area contributed by atoms with Gasteiger partial charge in [0.2, 0.25) is 0 Å². The van der Waals surface area contributed by atoms with E-state index in [0.717, 1.165) is 17.0 Å². The summed E-state index contributed by atoms with van der Waals surface area (Å²) in [5.41, 5.74) is 2.78. The van der Waals surface area contributed by atoms with Gasteiger partial charge in [-0.3, -0.25) is 9.59 Å². The zero-order valence-electron chi connectivity index (χ0n) is 19.4. The van der Waals surface area contributed by atoms with E-state index in [1.165, 1.54) is 6.26 Å². The highest BCUT2D eigenvalue weighted by Crippen LogP contribution is 2.26. The molecule has 4 aromatic rings. The first-order valence-electron chi connectivity index (χ1n) is 11.6. The maximum atomic E-state index is 13.4. The molecule has 2 amide bonds. The minimum atomic E-state index is -0.186. The van der Waals surface area contributed by atoms with Gasteiger partial charge in [0.05, 0.1) is 24.6 Å². The molecule has 1 N–H and O–H groups in total. The molecule has 0 aliphatic carbocycles. The van der Waals surface area contributed by atoms with E-state index in [4.69, 9.17) is 14.3 Å². The molecular formula is C27H26N4O4. The number of benzene rings is 2. The monoisotopic (exact) mass is 470 g/mol. The number of hydrogen-bond acceptors (Lipinski definition) is 5. The van der Waals surface area contributed by atoms with Crippen molar-refractivity contribution in [1.29, 1.82) is 0 Å². The van der Waals surface area contributed by atoms with E-state index < -0.39 is 0 Å². The number of nitrogens with zero attached hydrogens (tertiary/aromatic N) is 3. The number of methoxy groups -OCH3 is 1. The summed E-state index contributed by atoms with van der Waals surface area (Å²) >= 11 is 0. The second-order valence-electron chi connectivity index (χ2n) is 8.42. The van der Waals surface area contributed by atoms with E-state index in [1.807, 2.05) is 54.6 Å². The standard InChI is InChI=1S/C27H26N4O4/c1-34-22-11-9-19(10-12-22)25-23(18-31(29-25)21-6-3-2-4-7-21)26(32)28-20-13-15-30(16-14-20)27(33)24-8-5-17-35-24/h2-12,17-18,20H,13-16H2,1H3,(H,28,32). The fourth-order valence-corrected chi connectivity index (χ4v) is 4.26. The number of nitrogens with one attached hydrogen (secondary N) is 1. The molecule has 8 heteroatoms. The minimum absolute atomic E-state index is 0.0352. The van der Waals surface area contributed by atoms with Gasteiger partial charge in [-0.25, -0.2) is 4.68 Å². The summed E-state index contributed by atoms with van der Waals surface area (Å²) in [6, 6.07) is 20.5. The van der Waals surface area contributed by atoms with E-state index in [2.05, 4.69) is 5.32 Å². The normalized spacial score (nSPS) is 14.0. The lowest BCUT2D eigenvalue weighted by molar-refractivity contribution is 0.0667. The smallest absolute Gasteiger partial charge is 0.289 e. The third-order valence-electron chi connectivity index (χ3n) is 6.19. The zero-order valence-corrected chi connectivity index (χ0v) is 19.4. The van der Waals surface area contributed by atoms with E-state index in [9.17, 15) is 9.59 Å². The first-order chi connectivity index (χ1) is 17.1. The Morgan fingerprint density at radius 1 is 1.00 bits per heavy atom.